The van der Waals surface area contributed by atoms with Crippen LogP contribution in [-0.2, 0) is 4.74 Å². The number of morpholine rings is 1. The van der Waals surface area contributed by atoms with Crippen molar-refractivity contribution in [3.63, 3.8) is 0 Å². The first kappa shape index (κ1) is 16.8. The molecule has 2 aliphatic carbocycles. The van der Waals surface area contributed by atoms with Crippen LogP contribution < -0.4 is 4.90 Å². The van der Waals surface area contributed by atoms with E-state index in [1.807, 2.05) is 6.21 Å². The van der Waals surface area contributed by atoms with Gasteiger partial charge in [-0.1, -0.05) is 32.9 Å². The Labute approximate surface area is 151 Å². The van der Waals surface area contributed by atoms with Crippen LogP contribution in [0.3, 0.4) is 0 Å². The Hall–Kier alpha value is -1.68. The average molecular weight is 339 g/mol. The minimum atomic E-state index is 0.231. The molecule has 1 aliphatic heterocycles. The molecule has 0 amide bonds. The van der Waals surface area contributed by atoms with Crippen LogP contribution in [0.25, 0.3) is 0 Å². The average Bonchev–Trinajstić information content (AvgIpc) is 2.96. The Morgan fingerprint density at radius 3 is 2.44 bits per heavy atom. The van der Waals surface area contributed by atoms with Gasteiger partial charge in [-0.2, -0.15) is 10.2 Å². The first-order valence-corrected chi connectivity index (χ1v) is 9.54. The predicted octanol–water partition coefficient (Wildman–Crippen LogP) is 4.14. The monoisotopic (exact) mass is 339 g/mol. The molecule has 1 heterocycles. The third-order valence-electron chi connectivity index (χ3n) is 7.17. The van der Waals surface area contributed by atoms with Crippen molar-refractivity contribution in [3.05, 3.63) is 29.8 Å². The molecule has 3 fully saturated rings. The SMILES string of the molecule is CC12CCC(C/C1=N/N=C/c1ccc(N3CCOCC3)cc1)C2(C)C. The van der Waals surface area contributed by atoms with Crippen LogP contribution in [0.4, 0.5) is 5.69 Å². The minimum Gasteiger partial charge on any atom is -0.378 e. The van der Waals surface area contributed by atoms with E-state index in [4.69, 9.17) is 4.74 Å². The maximum atomic E-state index is 5.41. The molecular formula is C21H29N3O. The summed E-state index contributed by atoms with van der Waals surface area (Å²) < 4.78 is 5.41. The third-order valence-corrected chi connectivity index (χ3v) is 7.17. The zero-order valence-corrected chi connectivity index (χ0v) is 15.7. The van der Waals surface area contributed by atoms with E-state index in [1.165, 1.54) is 24.2 Å². The van der Waals surface area contributed by atoms with Gasteiger partial charge in [-0.3, -0.25) is 0 Å². The van der Waals surface area contributed by atoms with Crippen LogP contribution in [-0.4, -0.2) is 38.2 Å². The largest absolute Gasteiger partial charge is 0.378 e. The number of hydrogen-bond donors (Lipinski definition) is 0. The van der Waals surface area contributed by atoms with Crippen molar-refractivity contribution in [2.75, 3.05) is 31.2 Å². The van der Waals surface area contributed by atoms with Crippen LogP contribution in [0.1, 0.15) is 45.6 Å². The summed E-state index contributed by atoms with van der Waals surface area (Å²) in [6.45, 7) is 10.8. The van der Waals surface area contributed by atoms with Crippen LogP contribution in [0.15, 0.2) is 34.5 Å². The lowest BCUT2D eigenvalue weighted by atomic mass is 9.70. The molecule has 1 aromatic rings. The Morgan fingerprint density at radius 1 is 1.12 bits per heavy atom. The molecule has 25 heavy (non-hydrogen) atoms. The molecule has 2 atom stereocenters. The highest BCUT2D eigenvalue weighted by Gasteiger charge is 2.59. The molecule has 4 nitrogen and oxygen atoms in total. The fourth-order valence-electron chi connectivity index (χ4n) is 4.84. The Balaban J connectivity index is 1.44. The highest BCUT2D eigenvalue weighted by Crippen LogP contribution is 2.63. The Kier molecular flexibility index (Phi) is 4.19. The summed E-state index contributed by atoms with van der Waals surface area (Å²) in [4.78, 5) is 2.36. The maximum absolute atomic E-state index is 5.41. The molecule has 0 spiro atoms. The molecule has 134 valence electrons. The van der Waals surface area contributed by atoms with Crippen molar-refractivity contribution < 1.29 is 4.74 Å². The van der Waals surface area contributed by atoms with Gasteiger partial charge in [-0.25, -0.2) is 0 Å². The van der Waals surface area contributed by atoms with Crippen molar-refractivity contribution in [1.29, 1.82) is 0 Å². The van der Waals surface area contributed by atoms with Gasteiger partial charge in [0.25, 0.3) is 0 Å². The first-order chi connectivity index (χ1) is 12.0. The number of hydrogen-bond acceptors (Lipinski definition) is 4. The molecule has 2 bridgehead atoms. The smallest absolute Gasteiger partial charge is 0.0642 e. The second kappa shape index (κ2) is 6.24. The van der Waals surface area contributed by atoms with E-state index in [9.17, 15) is 0 Å². The second-order valence-corrected chi connectivity index (χ2v) is 8.48. The normalized spacial score (nSPS) is 32.8. The highest BCUT2D eigenvalue weighted by atomic mass is 16.5. The number of nitrogens with zero attached hydrogens (tertiary/aromatic N) is 3. The van der Waals surface area contributed by atoms with E-state index >= 15 is 0 Å². The lowest BCUT2D eigenvalue weighted by molar-refractivity contribution is 0.122. The number of benzene rings is 1. The summed E-state index contributed by atoms with van der Waals surface area (Å²) in [5.41, 5.74) is 4.26. The molecule has 4 heteroatoms. The molecule has 0 N–H and O–H groups in total. The lowest BCUT2D eigenvalue weighted by Crippen LogP contribution is -2.36. The summed E-state index contributed by atoms with van der Waals surface area (Å²) in [6, 6.07) is 8.59. The Bertz CT molecular complexity index is 686. The van der Waals surface area contributed by atoms with Gasteiger partial charge in [-0.15, -0.1) is 0 Å². The van der Waals surface area contributed by atoms with Gasteiger partial charge >= 0.3 is 0 Å². The van der Waals surface area contributed by atoms with Gasteiger partial charge in [0.2, 0.25) is 0 Å². The van der Waals surface area contributed by atoms with Crippen LogP contribution in [0.2, 0.25) is 0 Å². The van der Waals surface area contributed by atoms with E-state index in [-0.39, 0.29) is 5.41 Å². The summed E-state index contributed by atoms with van der Waals surface area (Å²) in [6.07, 6.45) is 5.61. The van der Waals surface area contributed by atoms with Gasteiger partial charge in [0, 0.05) is 29.9 Å². The summed E-state index contributed by atoms with van der Waals surface area (Å²) >= 11 is 0. The third kappa shape index (κ3) is 2.80. The van der Waals surface area contributed by atoms with Gasteiger partial charge in [0.1, 0.15) is 0 Å². The minimum absolute atomic E-state index is 0.231. The topological polar surface area (TPSA) is 37.2 Å². The first-order valence-electron chi connectivity index (χ1n) is 9.54. The summed E-state index contributed by atoms with van der Waals surface area (Å²) in [5, 5.41) is 9.06. The van der Waals surface area contributed by atoms with Gasteiger partial charge in [0.05, 0.1) is 19.4 Å². The number of anilines is 1. The molecule has 2 saturated carbocycles. The van der Waals surface area contributed by atoms with E-state index in [0.717, 1.165) is 44.2 Å². The highest BCUT2D eigenvalue weighted by molar-refractivity contribution is 5.94. The van der Waals surface area contributed by atoms with Crippen molar-refractivity contribution in [3.8, 4) is 0 Å². The van der Waals surface area contributed by atoms with E-state index < -0.39 is 0 Å². The molecule has 2 unspecified atom stereocenters. The lowest BCUT2D eigenvalue weighted by Gasteiger charge is -2.34. The quantitative estimate of drug-likeness (QED) is 0.613. The molecule has 0 radical (unpaired) electrons. The molecule has 3 aliphatic rings. The second-order valence-electron chi connectivity index (χ2n) is 8.48. The number of fused-ring (bicyclic) bond motifs is 2. The van der Waals surface area contributed by atoms with Gasteiger partial charge in [0.15, 0.2) is 0 Å². The maximum Gasteiger partial charge on any atom is 0.0642 e. The van der Waals surface area contributed by atoms with Crippen LogP contribution in [0.5, 0.6) is 0 Å². The number of rotatable bonds is 3. The molecule has 1 aromatic carbocycles. The van der Waals surface area contributed by atoms with Crippen LogP contribution in [0, 0.1) is 16.7 Å². The standard InChI is InChI=1S/C21H29N3O/c1-20(2)17-8-9-21(20,3)19(14-17)23-22-15-16-4-6-18(7-5-16)24-10-12-25-13-11-24/h4-7,15,17H,8-14H2,1-3H3/b22-15+,23-19-. The molecule has 0 aromatic heterocycles. The fraction of sp³-hybridized carbons (Fsp3) is 0.619. The number of ether oxygens (including phenoxy) is 1. The van der Waals surface area contributed by atoms with E-state index in [1.54, 1.807) is 0 Å². The molecule has 4 rings (SSSR count). The molecule has 1 saturated heterocycles. The van der Waals surface area contributed by atoms with Gasteiger partial charge < -0.3 is 9.64 Å². The zero-order valence-electron chi connectivity index (χ0n) is 15.7. The van der Waals surface area contributed by atoms with E-state index in [0.29, 0.717) is 5.41 Å². The Morgan fingerprint density at radius 2 is 1.84 bits per heavy atom. The summed E-state index contributed by atoms with van der Waals surface area (Å²) in [7, 11) is 0. The van der Waals surface area contributed by atoms with Crippen molar-refractivity contribution >= 4 is 17.6 Å². The van der Waals surface area contributed by atoms with Crippen LogP contribution >= 0.6 is 0 Å². The van der Waals surface area contributed by atoms with E-state index in [2.05, 4.69) is 60.1 Å². The molecular weight excluding hydrogens is 310 g/mol. The van der Waals surface area contributed by atoms with Crippen molar-refractivity contribution in [2.45, 2.75) is 40.0 Å². The summed E-state index contributed by atoms with van der Waals surface area (Å²) in [5.74, 6) is 0.777. The fourth-order valence-corrected chi connectivity index (χ4v) is 4.84. The zero-order chi connectivity index (χ0) is 17.5. The van der Waals surface area contributed by atoms with Crippen molar-refractivity contribution in [2.24, 2.45) is 27.0 Å². The van der Waals surface area contributed by atoms with Gasteiger partial charge in [-0.05, 0) is 48.3 Å². The van der Waals surface area contributed by atoms with Crippen molar-refractivity contribution in [1.82, 2.24) is 0 Å². The predicted molar refractivity (Wildman–Crippen MR) is 104 cm³/mol.